The van der Waals surface area contributed by atoms with Crippen molar-refractivity contribution >= 4 is 29.9 Å². The molecule has 1 N–H and O–H groups in total. The van der Waals surface area contributed by atoms with Gasteiger partial charge in [0.15, 0.2) is 5.96 Å². The van der Waals surface area contributed by atoms with Crippen LogP contribution in [0.2, 0.25) is 0 Å². The fourth-order valence-electron chi connectivity index (χ4n) is 4.28. The Bertz CT molecular complexity index is 1050. The first-order valence-electron chi connectivity index (χ1n) is 11.5. The molecule has 0 saturated carbocycles. The minimum Gasteiger partial charge on any atom is -0.497 e. The first-order chi connectivity index (χ1) is 16.2. The summed E-state index contributed by atoms with van der Waals surface area (Å²) in [5.74, 6) is 3.95. The van der Waals surface area contributed by atoms with Crippen LogP contribution in [-0.4, -0.2) is 54.3 Å². The highest BCUT2D eigenvalue weighted by Gasteiger charge is 2.27. The molecule has 1 aliphatic heterocycles. The number of nitrogens with zero attached hydrogens (tertiary/aromatic N) is 4. The lowest BCUT2D eigenvalue weighted by molar-refractivity contribution is 0.392. The lowest BCUT2D eigenvalue weighted by Gasteiger charge is -2.22. The van der Waals surface area contributed by atoms with Crippen LogP contribution in [0, 0.1) is 0 Å². The Morgan fingerprint density at radius 3 is 2.53 bits per heavy atom. The third-order valence-electron chi connectivity index (χ3n) is 6.04. The molecular weight excluding hydrogens is 541 g/mol. The molecule has 34 heavy (non-hydrogen) atoms. The van der Waals surface area contributed by atoms with Crippen LogP contribution in [0.4, 0.5) is 0 Å². The molecule has 4 rings (SSSR count). The molecule has 0 spiro atoms. The lowest BCUT2D eigenvalue weighted by Crippen LogP contribution is -2.40. The summed E-state index contributed by atoms with van der Waals surface area (Å²) in [5, 5.41) is 3.46. The molecule has 2 aromatic carbocycles. The molecule has 1 saturated heterocycles. The number of nitrogens with one attached hydrogen (secondary N) is 1. The van der Waals surface area contributed by atoms with Gasteiger partial charge in [-0.1, -0.05) is 30.3 Å². The molecule has 8 heteroatoms. The van der Waals surface area contributed by atoms with Crippen molar-refractivity contribution in [3.8, 4) is 11.5 Å². The number of likely N-dealkylation sites (tertiary alicyclic amines) is 1. The van der Waals surface area contributed by atoms with Crippen molar-refractivity contribution in [1.82, 2.24) is 19.8 Å². The van der Waals surface area contributed by atoms with Crippen molar-refractivity contribution in [3.05, 3.63) is 77.9 Å². The van der Waals surface area contributed by atoms with Gasteiger partial charge in [0.2, 0.25) is 0 Å². The van der Waals surface area contributed by atoms with E-state index in [9.17, 15) is 0 Å². The second kappa shape index (κ2) is 12.6. The quantitative estimate of drug-likeness (QED) is 0.243. The van der Waals surface area contributed by atoms with Gasteiger partial charge in [0.25, 0.3) is 0 Å². The zero-order valence-corrected chi connectivity index (χ0v) is 22.4. The predicted molar refractivity (Wildman–Crippen MR) is 146 cm³/mol. The van der Waals surface area contributed by atoms with Crippen LogP contribution < -0.4 is 14.8 Å². The van der Waals surface area contributed by atoms with Gasteiger partial charge in [-0.25, -0.2) is 9.98 Å². The van der Waals surface area contributed by atoms with E-state index >= 15 is 0 Å². The van der Waals surface area contributed by atoms with Crippen LogP contribution in [0.15, 0.2) is 65.9 Å². The van der Waals surface area contributed by atoms with E-state index in [1.807, 2.05) is 24.5 Å². The molecule has 1 aromatic heterocycles. The van der Waals surface area contributed by atoms with E-state index < -0.39 is 0 Å². The van der Waals surface area contributed by atoms with Gasteiger partial charge < -0.3 is 24.3 Å². The summed E-state index contributed by atoms with van der Waals surface area (Å²) in [4.78, 5) is 11.8. The van der Waals surface area contributed by atoms with E-state index in [0.29, 0.717) is 12.5 Å². The molecular formula is C26H34IN5O2. The first kappa shape index (κ1) is 25.9. The molecule has 1 atom stereocenters. The largest absolute Gasteiger partial charge is 0.497 e. The van der Waals surface area contributed by atoms with Crippen molar-refractivity contribution in [3.63, 3.8) is 0 Å². The zero-order chi connectivity index (χ0) is 23.0. The Kier molecular flexibility index (Phi) is 9.62. The molecule has 7 nitrogen and oxygen atoms in total. The molecule has 1 unspecified atom stereocenters. The third-order valence-corrected chi connectivity index (χ3v) is 6.04. The average Bonchev–Trinajstić information content (AvgIpc) is 3.52. The van der Waals surface area contributed by atoms with E-state index in [1.165, 1.54) is 11.1 Å². The number of guanidine groups is 1. The van der Waals surface area contributed by atoms with E-state index in [2.05, 4.69) is 63.1 Å². The number of imidazole rings is 1. The van der Waals surface area contributed by atoms with Gasteiger partial charge in [-0.15, -0.1) is 24.0 Å². The third kappa shape index (κ3) is 6.43. The predicted octanol–water partition coefficient (Wildman–Crippen LogP) is 4.52. The number of rotatable bonds is 8. The molecule has 0 radical (unpaired) electrons. The molecule has 1 fully saturated rings. The summed E-state index contributed by atoms with van der Waals surface area (Å²) in [6.45, 7) is 6.12. The number of hydrogen-bond acceptors (Lipinski definition) is 4. The smallest absolute Gasteiger partial charge is 0.194 e. The van der Waals surface area contributed by atoms with Crippen LogP contribution in [0.1, 0.15) is 36.2 Å². The highest BCUT2D eigenvalue weighted by molar-refractivity contribution is 14.0. The summed E-state index contributed by atoms with van der Waals surface area (Å²) < 4.78 is 13.1. The van der Waals surface area contributed by atoms with E-state index in [4.69, 9.17) is 14.5 Å². The molecule has 182 valence electrons. The Hall–Kier alpha value is -2.75. The van der Waals surface area contributed by atoms with Gasteiger partial charge in [0.1, 0.15) is 23.9 Å². The Balaban J connectivity index is 0.00000324. The maximum Gasteiger partial charge on any atom is 0.194 e. The molecule has 0 amide bonds. The average molecular weight is 575 g/mol. The van der Waals surface area contributed by atoms with E-state index in [-0.39, 0.29) is 24.0 Å². The fourth-order valence-corrected chi connectivity index (χ4v) is 4.28. The minimum absolute atomic E-state index is 0. The van der Waals surface area contributed by atoms with Gasteiger partial charge >= 0.3 is 0 Å². The summed E-state index contributed by atoms with van der Waals surface area (Å²) in [7, 11) is 3.38. The van der Waals surface area contributed by atoms with Gasteiger partial charge in [-0.3, -0.25) is 0 Å². The van der Waals surface area contributed by atoms with Crippen LogP contribution in [-0.2, 0) is 13.1 Å². The number of aliphatic imine (C=N–C) groups is 1. The molecule has 0 aliphatic carbocycles. The maximum absolute atomic E-state index is 5.46. The normalized spacial score (nSPS) is 15.7. The first-order valence-corrected chi connectivity index (χ1v) is 11.5. The van der Waals surface area contributed by atoms with E-state index in [0.717, 1.165) is 55.9 Å². The van der Waals surface area contributed by atoms with Gasteiger partial charge in [-0.05, 0) is 36.6 Å². The number of methoxy groups -OCH3 is 2. The molecule has 1 aliphatic rings. The number of ether oxygens (including phenoxy) is 2. The topological polar surface area (TPSA) is 63.9 Å². The highest BCUT2D eigenvalue weighted by Crippen LogP contribution is 2.33. The zero-order valence-electron chi connectivity index (χ0n) is 20.1. The highest BCUT2D eigenvalue weighted by atomic mass is 127. The monoisotopic (exact) mass is 575 g/mol. The van der Waals surface area contributed by atoms with E-state index in [1.54, 1.807) is 14.2 Å². The Morgan fingerprint density at radius 1 is 1.12 bits per heavy atom. The van der Waals surface area contributed by atoms with Crippen molar-refractivity contribution in [1.29, 1.82) is 0 Å². The Morgan fingerprint density at radius 2 is 1.85 bits per heavy atom. The minimum atomic E-state index is 0. The lowest BCUT2D eigenvalue weighted by atomic mass is 9.98. The van der Waals surface area contributed by atoms with Crippen molar-refractivity contribution < 1.29 is 9.47 Å². The van der Waals surface area contributed by atoms with Crippen molar-refractivity contribution in [2.75, 3.05) is 33.9 Å². The number of benzene rings is 2. The molecule has 2 heterocycles. The van der Waals surface area contributed by atoms with Crippen molar-refractivity contribution in [2.24, 2.45) is 4.99 Å². The number of aromatic nitrogens is 2. The second-order valence-corrected chi connectivity index (χ2v) is 8.20. The Labute approximate surface area is 219 Å². The van der Waals surface area contributed by atoms with Gasteiger partial charge in [-0.2, -0.15) is 0 Å². The number of hydrogen-bond donors (Lipinski definition) is 1. The van der Waals surface area contributed by atoms with Crippen LogP contribution >= 0.6 is 24.0 Å². The second-order valence-electron chi connectivity index (χ2n) is 8.20. The summed E-state index contributed by atoms with van der Waals surface area (Å²) >= 11 is 0. The molecule has 0 bridgehead atoms. The maximum atomic E-state index is 5.46. The van der Waals surface area contributed by atoms with Crippen LogP contribution in [0.25, 0.3) is 0 Å². The molecule has 3 aromatic rings. The van der Waals surface area contributed by atoms with Gasteiger partial charge in [0, 0.05) is 50.6 Å². The fraction of sp³-hybridized carbons (Fsp3) is 0.385. The van der Waals surface area contributed by atoms with Crippen LogP contribution in [0.3, 0.4) is 0 Å². The SMILES string of the molecule is CCNC(=NCc1nccn1Cc1ccccc1)N1CCC(c2cc(OC)cc(OC)c2)C1.I. The van der Waals surface area contributed by atoms with Gasteiger partial charge in [0.05, 0.1) is 14.2 Å². The standard InChI is InChI=1S/C26H33N5O2.HI/c1-4-27-26(29-17-25-28-11-13-30(25)18-20-8-6-5-7-9-20)31-12-10-21(19-31)22-14-23(32-2)16-24(15-22)33-3;/h5-9,11,13-16,21H,4,10,12,17-19H2,1-3H3,(H,27,29);1H. The summed E-state index contributed by atoms with van der Waals surface area (Å²) in [6.07, 6.45) is 4.93. The summed E-state index contributed by atoms with van der Waals surface area (Å²) in [6, 6.07) is 16.6. The van der Waals surface area contributed by atoms with Crippen LogP contribution in [0.5, 0.6) is 11.5 Å². The summed E-state index contributed by atoms with van der Waals surface area (Å²) in [5.41, 5.74) is 2.49. The number of halogens is 1. The van der Waals surface area contributed by atoms with Crippen molar-refractivity contribution in [2.45, 2.75) is 32.4 Å².